The molecule has 2 amide bonds. The summed E-state index contributed by atoms with van der Waals surface area (Å²) >= 11 is 0. The van der Waals surface area contributed by atoms with Gasteiger partial charge in [0.15, 0.2) is 11.5 Å². The summed E-state index contributed by atoms with van der Waals surface area (Å²) in [6.07, 6.45) is 2.40. The molecule has 2 aromatic rings. The van der Waals surface area contributed by atoms with Crippen molar-refractivity contribution in [3.8, 4) is 11.5 Å². The third-order valence-corrected chi connectivity index (χ3v) is 4.97. The minimum absolute atomic E-state index is 0.128. The second-order valence-corrected chi connectivity index (χ2v) is 6.98. The molecule has 6 heteroatoms. The molecular formula is C21H25N3O3. The Morgan fingerprint density at radius 3 is 2.63 bits per heavy atom. The minimum atomic E-state index is -0.128. The zero-order valence-electron chi connectivity index (χ0n) is 15.6. The second kappa shape index (κ2) is 7.78. The fourth-order valence-electron chi connectivity index (χ4n) is 3.56. The van der Waals surface area contributed by atoms with Gasteiger partial charge in [-0.05, 0) is 42.7 Å². The van der Waals surface area contributed by atoms with Crippen molar-refractivity contribution in [3.63, 3.8) is 0 Å². The van der Waals surface area contributed by atoms with E-state index in [0.29, 0.717) is 19.8 Å². The molecule has 2 aliphatic rings. The smallest absolute Gasteiger partial charge is 0.321 e. The molecule has 0 radical (unpaired) electrons. The molecule has 0 aliphatic carbocycles. The fourth-order valence-corrected chi connectivity index (χ4v) is 3.56. The number of nitrogens with one attached hydrogen (secondary N) is 1. The molecule has 142 valence electrons. The first-order valence-corrected chi connectivity index (χ1v) is 9.45. The molecule has 0 atom stereocenters. The number of fused-ring (bicyclic) bond motifs is 1. The van der Waals surface area contributed by atoms with E-state index in [1.807, 2.05) is 36.4 Å². The van der Waals surface area contributed by atoms with Crippen LogP contribution >= 0.6 is 0 Å². The first-order valence-electron chi connectivity index (χ1n) is 9.45. The van der Waals surface area contributed by atoms with Crippen molar-refractivity contribution in [1.29, 1.82) is 0 Å². The molecule has 0 aromatic heterocycles. The van der Waals surface area contributed by atoms with E-state index in [1.165, 1.54) is 12.8 Å². The van der Waals surface area contributed by atoms with Crippen LogP contribution in [0.25, 0.3) is 0 Å². The number of para-hydroxylation sites is 2. The first kappa shape index (κ1) is 17.5. The van der Waals surface area contributed by atoms with Crippen LogP contribution in [0.5, 0.6) is 11.5 Å². The highest BCUT2D eigenvalue weighted by molar-refractivity contribution is 5.93. The Kier molecular flexibility index (Phi) is 5.05. The highest BCUT2D eigenvalue weighted by atomic mass is 16.6. The summed E-state index contributed by atoms with van der Waals surface area (Å²) in [7, 11) is 1.80. The molecule has 0 bridgehead atoms. The maximum atomic E-state index is 12.7. The molecule has 2 aromatic carbocycles. The number of rotatable bonds is 4. The summed E-state index contributed by atoms with van der Waals surface area (Å²) < 4.78 is 11.2. The van der Waals surface area contributed by atoms with Crippen molar-refractivity contribution in [3.05, 3.63) is 48.0 Å². The van der Waals surface area contributed by atoms with E-state index in [4.69, 9.17) is 9.47 Å². The second-order valence-electron chi connectivity index (χ2n) is 6.98. The molecule has 0 spiro atoms. The molecule has 4 rings (SSSR count). The number of hydrogen-bond acceptors (Lipinski definition) is 4. The SMILES string of the molecule is CN(Cc1ccc2c(c1)OCCO2)C(=O)Nc1ccccc1N1CCCC1. The van der Waals surface area contributed by atoms with Gasteiger partial charge in [0.25, 0.3) is 0 Å². The summed E-state index contributed by atoms with van der Waals surface area (Å²) in [6, 6.07) is 13.7. The molecule has 0 saturated carbocycles. The van der Waals surface area contributed by atoms with Crippen LogP contribution in [0.1, 0.15) is 18.4 Å². The molecule has 2 heterocycles. The molecule has 27 heavy (non-hydrogen) atoms. The van der Waals surface area contributed by atoms with Gasteiger partial charge in [-0.25, -0.2) is 4.79 Å². The number of amides is 2. The summed E-state index contributed by atoms with van der Waals surface area (Å²) in [6.45, 7) is 3.71. The first-order chi connectivity index (χ1) is 13.2. The third-order valence-electron chi connectivity index (χ3n) is 4.97. The van der Waals surface area contributed by atoms with Gasteiger partial charge in [-0.15, -0.1) is 0 Å². The lowest BCUT2D eigenvalue weighted by molar-refractivity contribution is 0.171. The molecule has 2 aliphatic heterocycles. The largest absolute Gasteiger partial charge is 0.486 e. The van der Waals surface area contributed by atoms with Crippen LogP contribution in [0.2, 0.25) is 0 Å². The van der Waals surface area contributed by atoms with Crippen molar-refractivity contribution in [1.82, 2.24) is 4.90 Å². The van der Waals surface area contributed by atoms with E-state index in [1.54, 1.807) is 11.9 Å². The summed E-state index contributed by atoms with van der Waals surface area (Å²) in [4.78, 5) is 16.7. The van der Waals surface area contributed by atoms with Crippen molar-refractivity contribution < 1.29 is 14.3 Å². The number of ether oxygens (including phenoxy) is 2. The average Bonchev–Trinajstić information content (AvgIpc) is 3.23. The molecular weight excluding hydrogens is 342 g/mol. The Morgan fingerprint density at radius 1 is 1.07 bits per heavy atom. The van der Waals surface area contributed by atoms with Gasteiger partial charge in [0.2, 0.25) is 0 Å². The Bertz CT molecular complexity index is 818. The predicted molar refractivity (Wildman–Crippen MR) is 106 cm³/mol. The van der Waals surface area contributed by atoms with Gasteiger partial charge < -0.3 is 24.6 Å². The van der Waals surface area contributed by atoms with E-state index >= 15 is 0 Å². The van der Waals surface area contributed by atoms with Crippen LogP contribution in [0.15, 0.2) is 42.5 Å². The van der Waals surface area contributed by atoms with E-state index in [-0.39, 0.29) is 6.03 Å². The minimum Gasteiger partial charge on any atom is -0.486 e. The number of carbonyl (C=O) groups excluding carboxylic acids is 1. The van der Waals surface area contributed by atoms with Gasteiger partial charge in [0, 0.05) is 26.7 Å². The van der Waals surface area contributed by atoms with Gasteiger partial charge in [-0.2, -0.15) is 0 Å². The van der Waals surface area contributed by atoms with Gasteiger partial charge in [-0.1, -0.05) is 18.2 Å². The van der Waals surface area contributed by atoms with E-state index in [9.17, 15) is 4.79 Å². The van der Waals surface area contributed by atoms with Crippen molar-refractivity contribution in [2.45, 2.75) is 19.4 Å². The van der Waals surface area contributed by atoms with E-state index < -0.39 is 0 Å². The zero-order chi connectivity index (χ0) is 18.6. The van der Waals surface area contributed by atoms with Crippen LogP contribution in [-0.4, -0.2) is 44.3 Å². The van der Waals surface area contributed by atoms with Gasteiger partial charge in [-0.3, -0.25) is 0 Å². The lowest BCUT2D eigenvalue weighted by atomic mass is 10.2. The molecule has 6 nitrogen and oxygen atoms in total. The van der Waals surface area contributed by atoms with Gasteiger partial charge in [0.05, 0.1) is 11.4 Å². The number of nitrogens with zero attached hydrogens (tertiary/aromatic N) is 2. The molecule has 0 unspecified atom stereocenters. The number of carbonyl (C=O) groups is 1. The van der Waals surface area contributed by atoms with Crippen LogP contribution < -0.4 is 19.7 Å². The van der Waals surface area contributed by atoms with Crippen molar-refractivity contribution >= 4 is 17.4 Å². The average molecular weight is 367 g/mol. The quantitative estimate of drug-likeness (QED) is 0.895. The predicted octanol–water partition coefficient (Wildman–Crippen LogP) is 3.72. The van der Waals surface area contributed by atoms with Gasteiger partial charge >= 0.3 is 6.03 Å². The number of benzene rings is 2. The van der Waals surface area contributed by atoms with E-state index in [2.05, 4.69) is 16.3 Å². The summed E-state index contributed by atoms with van der Waals surface area (Å²) in [5, 5.41) is 3.06. The van der Waals surface area contributed by atoms with E-state index in [0.717, 1.165) is 41.5 Å². The number of urea groups is 1. The van der Waals surface area contributed by atoms with Crippen molar-refractivity contribution in [2.75, 3.05) is 43.6 Å². The summed E-state index contributed by atoms with van der Waals surface area (Å²) in [5.41, 5.74) is 2.96. The van der Waals surface area contributed by atoms with Crippen LogP contribution in [0.4, 0.5) is 16.2 Å². The van der Waals surface area contributed by atoms with Crippen LogP contribution in [-0.2, 0) is 6.54 Å². The molecule has 1 N–H and O–H groups in total. The van der Waals surface area contributed by atoms with Crippen LogP contribution in [0.3, 0.4) is 0 Å². The number of hydrogen-bond donors (Lipinski definition) is 1. The Morgan fingerprint density at radius 2 is 1.81 bits per heavy atom. The van der Waals surface area contributed by atoms with Crippen molar-refractivity contribution in [2.24, 2.45) is 0 Å². The zero-order valence-corrected chi connectivity index (χ0v) is 15.6. The Labute approximate surface area is 159 Å². The molecule has 1 fully saturated rings. The monoisotopic (exact) mass is 367 g/mol. The third kappa shape index (κ3) is 3.94. The topological polar surface area (TPSA) is 54.0 Å². The number of anilines is 2. The van der Waals surface area contributed by atoms with Crippen LogP contribution in [0, 0.1) is 0 Å². The summed E-state index contributed by atoms with van der Waals surface area (Å²) in [5.74, 6) is 1.50. The lowest BCUT2D eigenvalue weighted by Gasteiger charge is -2.24. The highest BCUT2D eigenvalue weighted by Crippen LogP contribution is 2.31. The molecule has 1 saturated heterocycles. The normalized spacial score (nSPS) is 15.5. The fraction of sp³-hybridized carbons (Fsp3) is 0.381. The van der Waals surface area contributed by atoms with Gasteiger partial charge in [0.1, 0.15) is 13.2 Å². The maximum Gasteiger partial charge on any atom is 0.321 e. The highest BCUT2D eigenvalue weighted by Gasteiger charge is 2.18. The Hall–Kier alpha value is -2.89. The Balaban J connectivity index is 1.43. The maximum absolute atomic E-state index is 12.7. The standard InChI is InChI=1S/C21H25N3O3/c1-23(15-16-8-9-19-20(14-16)27-13-12-26-19)21(25)22-17-6-2-3-7-18(17)24-10-4-5-11-24/h2-3,6-9,14H,4-5,10-13,15H2,1H3,(H,22,25). The lowest BCUT2D eigenvalue weighted by Crippen LogP contribution is -2.31.